The van der Waals surface area contributed by atoms with Gasteiger partial charge in [-0.25, -0.2) is 4.79 Å². The second kappa shape index (κ2) is 8.52. The van der Waals surface area contributed by atoms with Gasteiger partial charge >= 0.3 is 6.03 Å². The fourth-order valence-corrected chi connectivity index (χ4v) is 4.63. The highest BCUT2D eigenvalue weighted by Crippen LogP contribution is 2.28. The Morgan fingerprint density at radius 1 is 1.08 bits per heavy atom. The Kier molecular flexibility index (Phi) is 6.39. The zero-order valence-electron chi connectivity index (χ0n) is 15.4. The summed E-state index contributed by atoms with van der Waals surface area (Å²) in [5, 5.41) is 6.44. The van der Waals surface area contributed by atoms with E-state index in [2.05, 4.69) is 29.4 Å². The number of carbonyl (C=O) groups is 1. The summed E-state index contributed by atoms with van der Waals surface area (Å²) in [6, 6.07) is 0.728. The maximum Gasteiger partial charge on any atom is 0.315 e. The SMILES string of the molecule is C[C@@H]1CC[C@H](NC(=O)NC2CCN(C[C@H]3CCOC3)CC2)[C@@H](C)C1. The van der Waals surface area contributed by atoms with E-state index in [0.717, 1.165) is 58.0 Å². The number of amides is 2. The van der Waals surface area contributed by atoms with Crippen LogP contribution in [0, 0.1) is 17.8 Å². The fraction of sp³-hybridized carbons (Fsp3) is 0.947. The van der Waals surface area contributed by atoms with Crippen molar-refractivity contribution in [1.29, 1.82) is 0 Å². The van der Waals surface area contributed by atoms with Gasteiger partial charge < -0.3 is 20.3 Å². The number of urea groups is 1. The first-order valence-electron chi connectivity index (χ1n) is 9.97. The second-order valence-corrected chi connectivity index (χ2v) is 8.42. The van der Waals surface area contributed by atoms with Crippen LogP contribution in [0.5, 0.6) is 0 Å². The molecule has 0 spiro atoms. The van der Waals surface area contributed by atoms with E-state index in [-0.39, 0.29) is 6.03 Å². The maximum atomic E-state index is 12.3. The Morgan fingerprint density at radius 2 is 1.88 bits per heavy atom. The van der Waals surface area contributed by atoms with Gasteiger partial charge in [0.2, 0.25) is 0 Å². The number of piperidine rings is 1. The molecule has 1 saturated carbocycles. The van der Waals surface area contributed by atoms with Crippen molar-refractivity contribution in [2.24, 2.45) is 17.8 Å². The zero-order chi connectivity index (χ0) is 16.9. The van der Waals surface area contributed by atoms with Gasteiger partial charge in [0.05, 0.1) is 6.61 Å². The molecule has 3 rings (SSSR count). The van der Waals surface area contributed by atoms with Gasteiger partial charge in [0, 0.05) is 38.3 Å². The van der Waals surface area contributed by atoms with Gasteiger partial charge in [-0.15, -0.1) is 0 Å². The molecule has 3 aliphatic rings. The topological polar surface area (TPSA) is 53.6 Å². The average Bonchev–Trinajstić information content (AvgIpc) is 3.05. The van der Waals surface area contributed by atoms with Gasteiger partial charge in [-0.2, -0.15) is 0 Å². The Hall–Kier alpha value is -0.810. The third kappa shape index (κ3) is 5.09. The van der Waals surface area contributed by atoms with Crippen LogP contribution in [0.3, 0.4) is 0 Å². The minimum Gasteiger partial charge on any atom is -0.381 e. The van der Waals surface area contributed by atoms with Gasteiger partial charge in [-0.1, -0.05) is 13.8 Å². The normalized spacial score (nSPS) is 35.8. The summed E-state index contributed by atoms with van der Waals surface area (Å²) in [7, 11) is 0. The molecule has 0 aromatic rings. The molecule has 24 heavy (non-hydrogen) atoms. The van der Waals surface area contributed by atoms with Crippen LogP contribution >= 0.6 is 0 Å². The van der Waals surface area contributed by atoms with E-state index in [4.69, 9.17) is 4.74 Å². The summed E-state index contributed by atoms with van der Waals surface area (Å²) < 4.78 is 5.47. The quantitative estimate of drug-likeness (QED) is 0.829. The monoisotopic (exact) mass is 337 g/mol. The minimum absolute atomic E-state index is 0.0454. The van der Waals surface area contributed by atoms with Gasteiger partial charge in [-0.05, 0) is 56.3 Å². The first-order chi connectivity index (χ1) is 11.6. The van der Waals surface area contributed by atoms with Gasteiger partial charge in [0.1, 0.15) is 0 Å². The predicted molar refractivity (Wildman–Crippen MR) is 96.0 cm³/mol. The Morgan fingerprint density at radius 3 is 2.54 bits per heavy atom. The van der Waals surface area contributed by atoms with Crippen LogP contribution in [-0.2, 0) is 4.74 Å². The summed E-state index contributed by atoms with van der Waals surface area (Å²) >= 11 is 0. The molecule has 2 heterocycles. The number of ether oxygens (including phenoxy) is 1. The number of rotatable bonds is 4. The van der Waals surface area contributed by atoms with Gasteiger partial charge in [0.15, 0.2) is 0 Å². The molecule has 2 amide bonds. The molecule has 0 unspecified atom stereocenters. The van der Waals surface area contributed by atoms with Crippen molar-refractivity contribution in [3.05, 3.63) is 0 Å². The summed E-state index contributed by atoms with van der Waals surface area (Å²) in [6.45, 7) is 9.80. The molecule has 0 radical (unpaired) electrons. The van der Waals surface area contributed by atoms with E-state index in [1.165, 1.54) is 19.3 Å². The lowest BCUT2D eigenvalue weighted by Crippen LogP contribution is -2.52. The molecular weight excluding hydrogens is 302 g/mol. The molecule has 1 aliphatic carbocycles. The van der Waals surface area contributed by atoms with E-state index in [1.807, 2.05) is 0 Å². The van der Waals surface area contributed by atoms with Gasteiger partial charge in [-0.3, -0.25) is 0 Å². The molecule has 3 fully saturated rings. The fourth-order valence-electron chi connectivity index (χ4n) is 4.63. The molecule has 0 aromatic heterocycles. The van der Waals surface area contributed by atoms with Crippen molar-refractivity contribution in [2.45, 2.75) is 64.5 Å². The molecule has 2 saturated heterocycles. The first kappa shape index (κ1) is 18.0. The van der Waals surface area contributed by atoms with Crippen molar-refractivity contribution in [3.63, 3.8) is 0 Å². The number of nitrogens with zero attached hydrogens (tertiary/aromatic N) is 1. The predicted octanol–water partition coefficient (Wildman–Crippen LogP) is 2.61. The molecular formula is C19H35N3O2. The van der Waals surface area contributed by atoms with E-state index >= 15 is 0 Å². The summed E-state index contributed by atoms with van der Waals surface area (Å²) in [6.07, 6.45) is 6.93. The lowest BCUT2D eigenvalue weighted by Gasteiger charge is -2.35. The largest absolute Gasteiger partial charge is 0.381 e. The van der Waals surface area contributed by atoms with Crippen LogP contribution in [0.25, 0.3) is 0 Å². The summed E-state index contributed by atoms with van der Waals surface area (Å²) in [4.78, 5) is 14.9. The van der Waals surface area contributed by atoms with E-state index in [0.29, 0.717) is 23.9 Å². The van der Waals surface area contributed by atoms with Crippen LogP contribution in [0.1, 0.15) is 52.4 Å². The zero-order valence-corrected chi connectivity index (χ0v) is 15.4. The molecule has 138 valence electrons. The van der Waals surface area contributed by atoms with Crippen LogP contribution in [0.4, 0.5) is 4.79 Å². The lowest BCUT2D eigenvalue weighted by atomic mass is 9.80. The van der Waals surface area contributed by atoms with Crippen molar-refractivity contribution in [3.8, 4) is 0 Å². The molecule has 2 N–H and O–H groups in total. The highest BCUT2D eigenvalue weighted by atomic mass is 16.5. The third-order valence-corrected chi connectivity index (χ3v) is 6.21. The van der Waals surface area contributed by atoms with Gasteiger partial charge in [0.25, 0.3) is 0 Å². The van der Waals surface area contributed by atoms with Crippen molar-refractivity contribution in [2.75, 3.05) is 32.8 Å². The minimum atomic E-state index is 0.0454. The van der Waals surface area contributed by atoms with Crippen LogP contribution < -0.4 is 10.6 Å². The first-order valence-corrected chi connectivity index (χ1v) is 9.97. The van der Waals surface area contributed by atoms with Crippen LogP contribution in [-0.4, -0.2) is 55.9 Å². The number of likely N-dealkylation sites (tertiary alicyclic amines) is 1. The van der Waals surface area contributed by atoms with E-state index in [9.17, 15) is 4.79 Å². The number of hydrogen-bond acceptors (Lipinski definition) is 3. The second-order valence-electron chi connectivity index (χ2n) is 8.42. The lowest BCUT2D eigenvalue weighted by molar-refractivity contribution is 0.147. The number of nitrogens with one attached hydrogen (secondary N) is 2. The summed E-state index contributed by atoms with van der Waals surface area (Å²) in [5.41, 5.74) is 0. The average molecular weight is 338 g/mol. The highest BCUT2D eigenvalue weighted by Gasteiger charge is 2.28. The molecule has 0 aromatic carbocycles. The van der Waals surface area contributed by atoms with E-state index < -0.39 is 0 Å². The molecule has 4 atom stereocenters. The number of carbonyl (C=O) groups excluding carboxylic acids is 1. The van der Waals surface area contributed by atoms with Crippen molar-refractivity contribution >= 4 is 6.03 Å². The molecule has 5 heteroatoms. The van der Waals surface area contributed by atoms with Crippen LogP contribution in [0.15, 0.2) is 0 Å². The van der Waals surface area contributed by atoms with Crippen LogP contribution in [0.2, 0.25) is 0 Å². The standard InChI is InChI=1S/C19H35N3O2/c1-14-3-4-18(15(2)11-14)21-19(23)20-17-5-8-22(9-6-17)12-16-7-10-24-13-16/h14-18H,3-13H2,1-2H3,(H2,20,21,23)/t14-,15+,16-,18+/m1/s1. The van der Waals surface area contributed by atoms with E-state index in [1.54, 1.807) is 0 Å². The highest BCUT2D eigenvalue weighted by molar-refractivity contribution is 5.74. The third-order valence-electron chi connectivity index (χ3n) is 6.21. The molecule has 2 aliphatic heterocycles. The Balaban J connectivity index is 1.34. The Labute approximate surface area is 146 Å². The Bertz CT molecular complexity index is 403. The van der Waals surface area contributed by atoms with Crippen molar-refractivity contribution < 1.29 is 9.53 Å². The molecule has 0 bridgehead atoms. The maximum absolute atomic E-state index is 12.3. The number of hydrogen-bond donors (Lipinski definition) is 2. The smallest absolute Gasteiger partial charge is 0.315 e. The summed E-state index contributed by atoms with van der Waals surface area (Å²) in [5.74, 6) is 2.11. The van der Waals surface area contributed by atoms with Crippen molar-refractivity contribution in [1.82, 2.24) is 15.5 Å². The molecule has 5 nitrogen and oxygen atoms in total.